The molecule has 2 heterocycles. The van der Waals surface area contributed by atoms with Crippen LogP contribution in [0.4, 0.5) is 0 Å². The lowest BCUT2D eigenvalue weighted by Gasteiger charge is -2.46. The number of aliphatic hydroxyl groups is 1. The molecule has 146 valence electrons. The Morgan fingerprint density at radius 1 is 1.07 bits per heavy atom. The van der Waals surface area contributed by atoms with Crippen LogP contribution in [0.2, 0.25) is 0 Å². The van der Waals surface area contributed by atoms with Gasteiger partial charge in [0.15, 0.2) is 12.6 Å². The van der Waals surface area contributed by atoms with Crippen LogP contribution in [0.5, 0.6) is 0 Å². The van der Waals surface area contributed by atoms with E-state index in [1.807, 2.05) is 60.7 Å². The van der Waals surface area contributed by atoms with E-state index in [-0.39, 0.29) is 13.2 Å². The maximum atomic E-state index is 10.8. The molecule has 0 bridgehead atoms. The lowest BCUT2D eigenvalue weighted by molar-refractivity contribution is -0.343. The highest BCUT2D eigenvalue weighted by Gasteiger charge is 2.49. The highest BCUT2D eigenvalue weighted by molar-refractivity contribution is 5.17. The molecule has 8 heteroatoms. The Kier molecular flexibility index (Phi) is 5.87. The van der Waals surface area contributed by atoms with E-state index >= 15 is 0 Å². The van der Waals surface area contributed by atoms with Crippen molar-refractivity contribution in [2.24, 2.45) is 5.11 Å². The van der Waals surface area contributed by atoms with Crippen LogP contribution in [0.1, 0.15) is 17.4 Å². The SMILES string of the molecule is [N-]=[N+]=N[C@H]1[C@@H](OCc2ccccc2)O[C@@H]2CO[C@H](c3ccccc3)O[C@@H]2[C@@H]1O. The molecule has 0 spiro atoms. The molecule has 8 nitrogen and oxygen atoms in total. The molecule has 6 atom stereocenters. The number of benzene rings is 2. The lowest BCUT2D eigenvalue weighted by atomic mass is 9.96. The van der Waals surface area contributed by atoms with Gasteiger partial charge >= 0.3 is 0 Å². The van der Waals surface area contributed by atoms with Crippen molar-refractivity contribution >= 4 is 0 Å². The van der Waals surface area contributed by atoms with Crippen molar-refractivity contribution in [2.45, 2.75) is 43.5 Å². The minimum Gasteiger partial charge on any atom is -0.390 e. The topological polar surface area (TPSA) is 106 Å². The number of hydrogen-bond acceptors (Lipinski definition) is 6. The monoisotopic (exact) mass is 383 g/mol. The van der Waals surface area contributed by atoms with Crippen molar-refractivity contribution in [3.05, 3.63) is 82.2 Å². The summed E-state index contributed by atoms with van der Waals surface area (Å²) >= 11 is 0. The summed E-state index contributed by atoms with van der Waals surface area (Å²) in [6.45, 7) is 0.497. The molecule has 0 unspecified atom stereocenters. The molecule has 0 aliphatic carbocycles. The first kappa shape index (κ1) is 18.9. The van der Waals surface area contributed by atoms with Gasteiger partial charge in [0.2, 0.25) is 0 Å². The molecule has 4 rings (SSSR count). The first-order valence-corrected chi connectivity index (χ1v) is 9.11. The Balaban J connectivity index is 1.47. The second kappa shape index (κ2) is 8.70. The van der Waals surface area contributed by atoms with Gasteiger partial charge in [-0.2, -0.15) is 0 Å². The molecular weight excluding hydrogens is 362 g/mol. The maximum absolute atomic E-state index is 10.8. The Bertz CT molecular complexity index is 815. The quantitative estimate of drug-likeness (QED) is 0.485. The number of fused-ring (bicyclic) bond motifs is 1. The Hall–Kier alpha value is -2.45. The van der Waals surface area contributed by atoms with Gasteiger partial charge in [-0.05, 0) is 11.1 Å². The normalized spacial score (nSPS) is 32.2. The first-order valence-electron chi connectivity index (χ1n) is 9.11. The van der Waals surface area contributed by atoms with E-state index in [9.17, 15) is 5.11 Å². The fourth-order valence-electron chi connectivity index (χ4n) is 3.43. The standard InChI is InChI=1S/C20H21N3O5/c21-23-22-16-17(24)18-15(12-26-19(28-18)14-9-5-2-6-10-14)27-20(16)25-11-13-7-3-1-4-8-13/h1-10,15-20,24H,11-12H2/t15-,16-,17-,18+,19+,20+/m1/s1. The molecule has 2 aliphatic rings. The molecular formula is C20H21N3O5. The van der Waals surface area contributed by atoms with E-state index in [0.717, 1.165) is 11.1 Å². The molecule has 2 aromatic rings. The van der Waals surface area contributed by atoms with Crippen LogP contribution in [0.15, 0.2) is 65.8 Å². The van der Waals surface area contributed by atoms with Gasteiger partial charge in [-0.15, -0.1) is 0 Å². The van der Waals surface area contributed by atoms with Crippen molar-refractivity contribution in [1.82, 2.24) is 0 Å². The van der Waals surface area contributed by atoms with Gasteiger partial charge in [-0.25, -0.2) is 0 Å². The second-order valence-electron chi connectivity index (χ2n) is 6.70. The van der Waals surface area contributed by atoms with Gasteiger partial charge in [-0.3, -0.25) is 0 Å². The largest absolute Gasteiger partial charge is 0.390 e. The summed E-state index contributed by atoms with van der Waals surface area (Å²) in [5, 5.41) is 14.5. The third-order valence-corrected chi connectivity index (χ3v) is 4.85. The molecule has 28 heavy (non-hydrogen) atoms. The van der Waals surface area contributed by atoms with E-state index in [0.29, 0.717) is 0 Å². The summed E-state index contributed by atoms with van der Waals surface area (Å²) in [5.41, 5.74) is 10.7. The van der Waals surface area contributed by atoms with E-state index < -0.39 is 36.9 Å². The van der Waals surface area contributed by atoms with Gasteiger partial charge < -0.3 is 24.1 Å². The minimum atomic E-state index is -1.08. The number of aliphatic hydroxyl groups excluding tert-OH is 1. The molecule has 2 saturated heterocycles. The molecule has 1 N–H and O–H groups in total. The summed E-state index contributed by atoms with van der Waals surface area (Å²) in [6.07, 6.45) is -3.81. The van der Waals surface area contributed by atoms with Gasteiger partial charge in [0.1, 0.15) is 18.2 Å². The Morgan fingerprint density at radius 2 is 1.79 bits per heavy atom. The zero-order valence-corrected chi connectivity index (χ0v) is 15.1. The van der Waals surface area contributed by atoms with Crippen LogP contribution >= 0.6 is 0 Å². The van der Waals surface area contributed by atoms with E-state index in [2.05, 4.69) is 10.0 Å². The van der Waals surface area contributed by atoms with Crippen molar-refractivity contribution in [1.29, 1.82) is 0 Å². The van der Waals surface area contributed by atoms with E-state index in [4.69, 9.17) is 24.5 Å². The van der Waals surface area contributed by atoms with Crippen LogP contribution in [0, 0.1) is 0 Å². The average Bonchev–Trinajstić information content (AvgIpc) is 2.76. The number of rotatable bonds is 5. The summed E-state index contributed by atoms with van der Waals surface area (Å²) in [7, 11) is 0. The average molecular weight is 383 g/mol. The summed E-state index contributed by atoms with van der Waals surface area (Å²) in [6, 6.07) is 18.1. The summed E-state index contributed by atoms with van der Waals surface area (Å²) in [4.78, 5) is 2.85. The van der Waals surface area contributed by atoms with E-state index in [1.54, 1.807) is 0 Å². The lowest BCUT2D eigenvalue weighted by Crippen LogP contribution is -2.61. The molecule has 2 fully saturated rings. The van der Waals surface area contributed by atoms with Gasteiger partial charge in [-0.1, -0.05) is 65.8 Å². The molecule has 0 saturated carbocycles. The molecule has 0 radical (unpaired) electrons. The Labute approximate surface area is 162 Å². The summed E-state index contributed by atoms with van der Waals surface area (Å²) < 4.78 is 23.5. The zero-order valence-electron chi connectivity index (χ0n) is 15.1. The van der Waals surface area contributed by atoms with E-state index in [1.165, 1.54) is 0 Å². The van der Waals surface area contributed by atoms with Crippen molar-refractivity contribution in [2.75, 3.05) is 6.61 Å². The fraction of sp³-hybridized carbons (Fsp3) is 0.400. The Morgan fingerprint density at radius 3 is 2.50 bits per heavy atom. The number of nitrogens with zero attached hydrogens (tertiary/aromatic N) is 3. The predicted octanol–water partition coefficient (Wildman–Crippen LogP) is 3.08. The van der Waals surface area contributed by atoms with Crippen molar-refractivity contribution < 1.29 is 24.1 Å². The predicted molar refractivity (Wildman–Crippen MR) is 98.8 cm³/mol. The van der Waals surface area contributed by atoms with Crippen LogP contribution < -0.4 is 0 Å². The molecule has 0 aromatic heterocycles. The van der Waals surface area contributed by atoms with Crippen LogP contribution in [0.3, 0.4) is 0 Å². The van der Waals surface area contributed by atoms with Gasteiger partial charge in [0.25, 0.3) is 0 Å². The third kappa shape index (κ3) is 4.02. The molecule has 0 amide bonds. The highest BCUT2D eigenvalue weighted by atomic mass is 16.7. The smallest absolute Gasteiger partial charge is 0.184 e. The zero-order chi connectivity index (χ0) is 19.3. The maximum Gasteiger partial charge on any atom is 0.184 e. The van der Waals surface area contributed by atoms with Crippen LogP contribution in [-0.2, 0) is 25.6 Å². The van der Waals surface area contributed by atoms with Crippen molar-refractivity contribution in [3.8, 4) is 0 Å². The summed E-state index contributed by atoms with van der Waals surface area (Å²) in [5.74, 6) is 0. The third-order valence-electron chi connectivity index (χ3n) is 4.85. The van der Waals surface area contributed by atoms with Gasteiger partial charge in [0, 0.05) is 10.5 Å². The first-order chi connectivity index (χ1) is 13.8. The van der Waals surface area contributed by atoms with Crippen LogP contribution in [0.25, 0.3) is 10.4 Å². The number of hydrogen-bond donors (Lipinski definition) is 1. The fourth-order valence-corrected chi connectivity index (χ4v) is 3.43. The second-order valence-corrected chi connectivity index (χ2v) is 6.70. The highest BCUT2D eigenvalue weighted by Crippen LogP contribution is 2.35. The number of ether oxygens (including phenoxy) is 4. The number of azide groups is 1. The van der Waals surface area contributed by atoms with Crippen molar-refractivity contribution in [3.63, 3.8) is 0 Å². The van der Waals surface area contributed by atoms with Gasteiger partial charge in [0.05, 0.1) is 19.3 Å². The molecule has 2 aliphatic heterocycles. The molecule has 2 aromatic carbocycles. The minimum absolute atomic E-state index is 0.232. The van der Waals surface area contributed by atoms with Crippen LogP contribution in [-0.4, -0.2) is 42.4 Å².